The lowest BCUT2D eigenvalue weighted by atomic mass is 10.2. The van der Waals surface area contributed by atoms with E-state index in [0.717, 1.165) is 36.6 Å². The summed E-state index contributed by atoms with van der Waals surface area (Å²) in [5.74, 6) is 0.738. The largest absolute Gasteiger partial charge is 0.356 e. The fourth-order valence-electron chi connectivity index (χ4n) is 2.00. The molecule has 0 aliphatic heterocycles. The zero-order chi connectivity index (χ0) is 16.7. The maximum absolute atomic E-state index is 6.16. The molecule has 0 aliphatic rings. The molecule has 0 radical (unpaired) electrons. The van der Waals surface area contributed by atoms with Crippen LogP contribution in [0.1, 0.15) is 23.2 Å². The number of rotatable bonds is 6. The summed E-state index contributed by atoms with van der Waals surface area (Å²) in [6.07, 6.45) is 1.86. The lowest BCUT2D eigenvalue weighted by molar-refractivity contribution is 0.785. The SMILES string of the molecule is CCc1nc(CCNC(=NC)NCc2ccc(Cl)cc2Cl)cs1.I. The lowest BCUT2D eigenvalue weighted by Crippen LogP contribution is -2.37. The maximum Gasteiger partial charge on any atom is 0.191 e. The van der Waals surface area contributed by atoms with E-state index in [1.807, 2.05) is 12.1 Å². The Balaban J connectivity index is 0.00000288. The molecule has 2 N–H and O–H groups in total. The second kappa shape index (κ2) is 11.1. The zero-order valence-corrected chi connectivity index (χ0v) is 18.3. The Labute approximate surface area is 174 Å². The molecule has 0 bridgehead atoms. The van der Waals surface area contributed by atoms with Crippen LogP contribution in [-0.4, -0.2) is 24.5 Å². The monoisotopic (exact) mass is 498 g/mol. The minimum absolute atomic E-state index is 0. The van der Waals surface area contributed by atoms with Crippen molar-refractivity contribution in [1.82, 2.24) is 15.6 Å². The van der Waals surface area contributed by atoms with Crippen LogP contribution in [0.2, 0.25) is 10.0 Å². The van der Waals surface area contributed by atoms with Crippen LogP contribution in [0.3, 0.4) is 0 Å². The van der Waals surface area contributed by atoms with Crippen molar-refractivity contribution in [2.24, 2.45) is 4.99 Å². The van der Waals surface area contributed by atoms with Crippen LogP contribution < -0.4 is 10.6 Å². The lowest BCUT2D eigenvalue weighted by Gasteiger charge is -2.12. The molecule has 24 heavy (non-hydrogen) atoms. The fourth-order valence-corrected chi connectivity index (χ4v) is 3.25. The third-order valence-corrected chi connectivity index (χ3v) is 4.89. The van der Waals surface area contributed by atoms with Gasteiger partial charge in [-0.3, -0.25) is 4.99 Å². The van der Waals surface area contributed by atoms with Gasteiger partial charge in [0.2, 0.25) is 0 Å². The number of aliphatic imine (C=N–C) groups is 1. The molecule has 0 aliphatic carbocycles. The first-order valence-corrected chi connectivity index (χ1v) is 9.07. The third kappa shape index (κ3) is 6.74. The Morgan fingerprint density at radius 2 is 2.08 bits per heavy atom. The van der Waals surface area contributed by atoms with Gasteiger partial charge in [-0.1, -0.05) is 36.2 Å². The summed E-state index contributed by atoms with van der Waals surface area (Å²) in [7, 11) is 1.75. The molecular formula is C16H21Cl2IN4S. The standard InChI is InChI=1S/C16H20Cl2N4S.HI/c1-3-15-22-13(10-23-15)6-7-20-16(19-2)21-9-11-4-5-12(17)8-14(11)18;/h4-5,8,10H,3,6-7,9H2,1-2H3,(H2,19,20,21);1H. The summed E-state index contributed by atoms with van der Waals surface area (Å²) >= 11 is 13.8. The van der Waals surface area contributed by atoms with Gasteiger partial charge in [0.05, 0.1) is 10.7 Å². The van der Waals surface area contributed by atoms with Gasteiger partial charge in [-0.15, -0.1) is 35.3 Å². The smallest absolute Gasteiger partial charge is 0.191 e. The van der Waals surface area contributed by atoms with Crippen molar-refractivity contribution in [2.45, 2.75) is 26.3 Å². The van der Waals surface area contributed by atoms with Gasteiger partial charge in [-0.2, -0.15) is 0 Å². The van der Waals surface area contributed by atoms with Gasteiger partial charge in [-0.05, 0) is 24.1 Å². The van der Waals surface area contributed by atoms with Crippen LogP contribution in [0.5, 0.6) is 0 Å². The van der Waals surface area contributed by atoms with Crippen LogP contribution in [0, 0.1) is 0 Å². The minimum atomic E-state index is 0. The Morgan fingerprint density at radius 3 is 2.71 bits per heavy atom. The van der Waals surface area contributed by atoms with E-state index in [1.165, 1.54) is 5.01 Å². The number of halogens is 3. The van der Waals surface area contributed by atoms with E-state index in [0.29, 0.717) is 16.6 Å². The Kier molecular flexibility index (Phi) is 9.95. The molecule has 0 saturated heterocycles. The van der Waals surface area contributed by atoms with Crippen LogP contribution in [0.25, 0.3) is 0 Å². The number of hydrogen-bond donors (Lipinski definition) is 2. The van der Waals surface area contributed by atoms with Crippen molar-refractivity contribution in [3.05, 3.63) is 49.9 Å². The number of thiazole rings is 1. The van der Waals surface area contributed by atoms with E-state index in [4.69, 9.17) is 23.2 Å². The van der Waals surface area contributed by atoms with E-state index in [2.05, 4.69) is 32.9 Å². The number of benzene rings is 1. The highest BCUT2D eigenvalue weighted by Crippen LogP contribution is 2.20. The first-order chi connectivity index (χ1) is 11.1. The molecule has 1 heterocycles. The number of aromatic nitrogens is 1. The molecule has 132 valence electrons. The van der Waals surface area contributed by atoms with Crippen molar-refractivity contribution in [3.63, 3.8) is 0 Å². The molecule has 0 atom stereocenters. The molecule has 1 aromatic heterocycles. The van der Waals surface area contributed by atoms with Crippen molar-refractivity contribution >= 4 is 64.5 Å². The number of guanidine groups is 1. The second-order valence-corrected chi connectivity index (χ2v) is 6.71. The van der Waals surface area contributed by atoms with Gasteiger partial charge in [-0.25, -0.2) is 4.98 Å². The van der Waals surface area contributed by atoms with Crippen molar-refractivity contribution in [2.75, 3.05) is 13.6 Å². The number of nitrogens with one attached hydrogen (secondary N) is 2. The first-order valence-electron chi connectivity index (χ1n) is 7.44. The van der Waals surface area contributed by atoms with Gasteiger partial charge < -0.3 is 10.6 Å². The van der Waals surface area contributed by atoms with Gasteiger partial charge in [0.25, 0.3) is 0 Å². The highest BCUT2D eigenvalue weighted by Gasteiger charge is 2.04. The summed E-state index contributed by atoms with van der Waals surface area (Å²) in [4.78, 5) is 8.76. The predicted molar refractivity (Wildman–Crippen MR) is 115 cm³/mol. The first kappa shape index (κ1) is 21.5. The quantitative estimate of drug-likeness (QED) is 0.349. The zero-order valence-electron chi connectivity index (χ0n) is 13.6. The molecule has 0 amide bonds. The molecule has 1 aromatic carbocycles. The fraction of sp³-hybridized carbons (Fsp3) is 0.375. The van der Waals surface area contributed by atoms with Crippen molar-refractivity contribution in [1.29, 1.82) is 0 Å². The topological polar surface area (TPSA) is 49.3 Å². The van der Waals surface area contributed by atoms with E-state index in [-0.39, 0.29) is 24.0 Å². The van der Waals surface area contributed by atoms with E-state index >= 15 is 0 Å². The summed E-state index contributed by atoms with van der Waals surface area (Å²) in [6.45, 7) is 3.49. The number of nitrogens with zero attached hydrogens (tertiary/aromatic N) is 2. The van der Waals surface area contributed by atoms with E-state index in [9.17, 15) is 0 Å². The van der Waals surface area contributed by atoms with Crippen LogP contribution >= 0.6 is 58.5 Å². The molecular weight excluding hydrogens is 478 g/mol. The average molecular weight is 499 g/mol. The molecule has 0 unspecified atom stereocenters. The van der Waals surface area contributed by atoms with Gasteiger partial charge in [0.1, 0.15) is 0 Å². The van der Waals surface area contributed by atoms with Gasteiger partial charge >= 0.3 is 0 Å². The molecule has 2 aromatic rings. The Bertz CT molecular complexity index is 676. The maximum atomic E-state index is 6.16. The van der Waals surface area contributed by atoms with Crippen LogP contribution in [0.15, 0.2) is 28.6 Å². The number of hydrogen-bond acceptors (Lipinski definition) is 3. The molecule has 8 heteroatoms. The van der Waals surface area contributed by atoms with Gasteiger partial charge in [0, 0.05) is 42.0 Å². The number of aryl methyl sites for hydroxylation is 1. The molecule has 0 saturated carbocycles. The minimum Gasteiger partial charge on any atom is -0.356 e. The highest BCUT2D eigenvalue weighted by atomic mass is 127. The van der Waals surface area contributed by atoms with Crippen LogP contribution in [-0.2, 0) is 19.4 Å². The summed E-state index contributed by atoms with van der Waals surface area (Å²) in [6, 6.07) is 5.48. The van der Waals surface area contributed by atoms with Gasteiger partial charge in [0.15, 0.2) is 5.96 Å². The summed E-state index contributed by atoms with van der Waals surface area (Å²) < 4.78 is 0. The Morgan fingerprint density at radius 1 is 1.29 bits per heavy atom. The molecule has 2 rings (SSSR count). The summed E-state index contributed by atoms with van der Waals surface area (Å²) in [5, 5.41) is 11.1. The highest BCUT2D eigenvalue weighted by molar-refractivity contribution is 14.0. The molecule has 0 spiro atoms. The Hall–Kier alpha value is -0.570. The molecule has 4 nitrogen and oxygen atoms in total. The van der Waals surface area contributed by atoms with Crippen molar-refractivity contribution < 1.29 is 0 Å². The molecule has 0 fully saturated rings. The van der Waals surface area contributed by atoms with Crippen LogP contribution in [0.4, 0.5) is 0 Å². The third-order valence-electron chi connectivity index (χ3n) is 3.26. The second-order valence-electron chi connectivity index (χ2n) is 4.92. The van der Waals surface area contributed by atoms with Crippen molar-refractivity contribution in [3.8, 4) is 0 Å². The summed E-state index contributed by atoms with van der Waals surface area (Å²) in [5.41, 5.74) is 2.10. The van der Waals surface area contributed by atoms with E-state index < -0.39 is 0 Å². The van der Waals surface area contributed by atoms with E-state index in [1.54, 1.807) is 24.5 Å². The normalized spacial score (nSPS) is 11.1. The average Bonchev–Trinajstić information content (AvgIpc) is 3.00. The predicted octanol–water partition coefficient (Wildman–Crippen LogP) is 4.54.